The van der Waals surface area contributed by atoms with E-state index in [0.717, 1.165) is 18.7 Å². The predicted octanol–water partition coefficient (Wildman–Crippen LogP) is -0.467. The van der Waals surface area contributed by atoms with E-state index in [1.165, 1.54) is 23.2 Å². The van der Waals surface area contributed by atoms with Crippen molar-refractivity contribution < 1.29 is 28.7 Å². The lowest BCUT2D eigenvalue weighted by Gasteiger charge is -2.40. The van der Waals surface area contributed by atoms with Gasteiger partial charge in [-0.3, -0.25) is 28.9 Å². The van der Waals surface area contributed by atoms with Gasteiger partial charge in [0.1, 0.15) is 12.1 Å². The fraction of sp³-hybridized carbons (Fsp3) is 0.500. The minimum absolute atomic E-state index is 0.0108. The molecule has 4 atom stereocenters. The third-order valence-corrected chi connectivity index (χ3v) is 8.84. The number of aryl methyl sites for hydroxylation is 1. The van der Waals surface area contributed by atoms with E-state index in [2.05, 4.69) is 50.9 Å². The maximum atomic E-state index is 13.7. The van der Waals surface area contributed by atoms with E-state index >= 15 is 0 Å². The summed E-state index contributed by atoms with van der Waals surface area (Å²) in [4.78, 5) is 73.7. The molecule has 5 amide bonds. The first-order valence-corrected chi connectivity index (χ1v) is 16.2. The van der Waals surface area contributed by atoms with Gasteiger partial charge in [0.2, 0.25) is 23.6 Å². The molecule has 3 heterocycles. The van der Waals surface area contributed by atoms with Crippen LogP contribution in [-0.4, -0.2) is 134 Å². The fourth-order valence-corrected chi connectivity index (χ4v) is 6.17. The number of piperazine rings is 1. The summed E-state index contributed by atoms with van der Waals surface area (Å²) in [6.07, 6.45) is -1.54. The molecule has 3 N–H and O–H groups in total. The van der Waals surface area contributed by atoms with Crippen molar-refractivity contribution in [1.82, 2.24) is 30.7 Å². The largest absolute Gasteiger partial charge is 0.369 e. The van der Waals surface area contributed by atoms with Gasteiger partial charge in [0, 0.05) is 58.4 Å². The number of hydrogen-bond acceptors (Lipinski definition) is 8. The zero-order valence-electron chi connectivity index (χ0n) is 27.3. The molecule has 3 aliphatic heterocycles. The summed E-state index contributed by atoms with van der Waals surface area (Å²) in [5.41, 5.74) is 3.20. The van der Waals surface area contributed by atoms with Gasteiger partial charge >= 0.3 is 0 Å². The van der Waals surface area contributed by atoms with Crippen LogP contribution in [-0.2, 0) is 35.1 Å². The molecule has 2 bridgehead atoms. The number of carbonyl (C=O) groups excluding carboxylic acids is 5. The van der Waals surface area contributed by atoms with Crippen molar-refractivity contribution in [3.8, 4) is 0 Å². The number of nitrogens with zero attached hydrogens (tertiary/aromatic N) is 4. The second kappa shape index (κ2) is 15.4. The summed E-state index contributed by atoms with van der Waals surface area (Å²) in [5, 5.41) is 8.24. The maximum absolute atomic E-state index is 13.7. The summed E-state index contributed by atoms with van der Waals surface area (Å²) >= 11 is 0. The molecule has 0 radical (unpaired) electrons. The highest BCUT2D eigenvalue weighted by atomic mass is 16.5. The second-order valence-corrected chi connectivity index (χ2v) is 12.6. The van der Waals surface area contributed by atoms with Crippen molar-refractivity contribution in [3.05, 3.63) is 65.7 Å². The number of rotatable bonds is 5. The average molecular weight is 648 g/mol. The van der Waals surface area contributed by atoms with Crippen LogP contribution in [0.2, 0.25) is 0 Å². The third kappa shape index (κ3) is 9.07. The lowest BCUT2D eigenvalue weighted by atomic mass is 10.0. The highest BCUT2D eigenvalue weighted by Crippen LogP contribution is 2.19. The number of carbonyl (C=O) groups is 5. The van der Waals surface area contributed by atoms with Gasteiger partial charge in [0.15, 0.2) is 6.10 Å². The van der Waals surface area contributed by atoms with Crippen molar-refractivity contribution >= 4 is 35.2 Å². The monoisotopic (exact) mass is 647 g/mol. The highest BCUT2D eigenvalue weighted by molar-refractivity contribution is 5.93. The number of ether oxygens (including phenoxy) is 1. The molecule has 2 aromatic rings. The lowest BCUT2D eigenvalue weighted by molar-refractivity contribution is -0.158. The number of likely N-dealkylation sites (N-methyl/N-ethyl adjacent to an activating group) is 1. The Labute approximate surface area is 275 Å². The van der Waals surface area contributed by atoms with Gasteiger partial charge in [-0.2, -0.15) is 0 Å². The molecule has 3 saturated heterocycles. The molecule has 3 aliphatic rings. The zero-order chi connectivity index (χ0) is 33.5. The van der Waals surface area contributed by atoms with Crippen LogP contribution in [0.15, 0.2) is 54.6 Å². The lowest BCUT2D eigenvalue weighted by Crippen LogP contribution is -2.61. The standard InChI is InChI=1S/C34H45N7O6/c1-23-8-7-11-26(16-23)40-14-12-39(13-15-40)22-31(43)41-19-27-18-35-32(44)24(2)36-30(42)21-38(3)34(46)28(17-25-9-5-4-6-10-25)37-33(45)29(20-41)47-27/h4-11,16,24,27-29H,12-15,17-22H2,1-3H3,(H,35,44)(H,36,42)(H,37,45)/t24-,27+,28-,29-/m1/s1. The third-order valence-electron chi connectivity index (χ3n) is 8.84. The summed E-state index contributed by atoms with van der Waals surface area (Å²) in [5.74, 6) is -2.09. The average Bonchev–Trinajstić information content (AvgIpc) is 3.06. The van der Waals surface area contributed by atoms with E-state index in [4.69, 9.17) is 4.74 Å². The number of hydrogen-bond donors (Lipinski definition) is 3. The number of amides is 5. The Hall–Kier alpha value is -4.49. The van der Waals surface area contributed by atoms with E-state index in [1.54, 1.807) is 11.8 Å². The second-order valence-electron chi connectivity index (χ2n) is 12.6. The van der Waals surface area contributed by atoms with Crippen LogP contribution in [0.1, 0.15) is 18.1 Å². The molecular weight excluding hydrogens is 602 g/mol. The van der Waals surface area contributed by atoms with Crippen LogP contribution in [0.3, 0.4) is 0 Å². The van der Waals surface area contributed by atoms with E-state index in [1.807, 2.05) is 36.4 Å². The highest BCUT2D eigenvalue weighted by Gasteiger charge is 2.38. The molecule has 0 saturated carbocycles. The summed E-state index contributed by atoms with van der Waals surface area (Å²) < 4.78 is 6.13. The molecule has 0 unspecified atom stereocenters. The van der Waals surface area contributed by atoms with Gasteiger partial charge < -0.3 is 35.4 Å². The molecule has 0 aromatic heterocycles. The minimum Gasteiger partial charge on any atom is -0.369 e. The van der Waals surface area contributed by atoms with E-state index < -0.39 is 47.9 Å². The Bertz CT molecular complexity index is 1450. The number of nitrogens with one attached hydrogen (secondary N) is 3. The van der Waals surface area contributed by atoms with Crippen LogP contribution in [0.5, 0.6) is 0 Å². The van der Waals surface area contributed by atoms with Gasteiger partial charge in [0.25, 0.3) is 5.91 Å². The molecule has 252 valence electrons. The molecule has 0 spiro atoms. The zero-order valence-corrected chi connectivity index (χ0v) is 27.3. The molecule has 5 rings (SSSR count). The van der Waals surface area contributed by atoms with Crippen LogP contribution in [0.4, 0.5) is 5.69 Å². The minimum atomic E-state index is -1.06. The van der Waals surface area contributed by atoms with Gasteiger partial charge in [-0.1, -0.05) is 42.5 Å². The molecule has 0 aliphatic carbocycles. The van der Waals surface area contributed by atoms with E-state index in [9.17, 15) is 24.0 Å². The fourth-order valence-electron chi connectivity index (χ4n) is 6.17. The van der Waals surface area contributed by atoms with Gasteiger partial charge in [0.05, 0.1) is 25.7 Å². The van der Waals surface area contributed by atoms with Crippen LogP contribution < -0.4 is 20.9 Å². The molecule has 3 fully saturated rings. The van der Waals surface area contributed by atoms with Crippen molar-refractivity contribution in [2.75, 3.05) is 70.9 Å². The normalized spacial score (nSPS) is 25.3. The first kappa shape index (κ1) is 33.9. The SMILES string of the molecule is Cc1cccc(N2CCN(CC(=O)N3C[C@@H]4CNC(=O)[C@@H](C)NC(=O)CN(C)C(=O)[C@@H](Cc5ccccc5)NC(=O)[C@@H](C3)O4)CC2)c1. The number of fused-ring (bicyclic) bond motifs is 2. The summed E-state index contributed by atoms with van der Waals surface area (Å²) in [7, 11) is 1.48. The Kier molecular flexibility index (Phi) is 11.1. The summed E-state index contributed by atoms with van der Waals surface area (Å²) in [6.45, 7) is 6.77. The first-order chi connectivity index (χ1) is 22.5. The van der Waals surface area contributed by atoms with E-state index in [-0.39, 0.29) is 45.1 Å². The Balaban J connectivity index is 1.30. The maximum Gasteiger partial charge on any atom is 0.251 e. The molecular formula is C34H45N7O6. The Morgan fingerprint density at radius 1 is 0.915 bits per heavy atom. The molecule has 13 nitrogen and oxygen atoms in total. The Morgan fingerprint density at radius 2 is 1.66 bits per heavy atom. The Morgan fingerprint density at radius 3 is 2.38 bits per heavy atom. The van der Waals surface area contributed by atoms with Crippen LogP contribution in [0, 0.1) is 6.92 Å². The molecule has 13 heteroatoms. The van der Waals surface area contributed by atoms with Crippen molar-refractivity contribution in [3.63, 3.8) is 0 Å². The predicted molar refractivity (Wildman–Crippen MR) is 175 cm³/mol. The van der Waals surface area contributed by atoms with E-state index in [0.29, 0.717) is 13.1 Å². The van der Waals surface area contributed by atoms with Crippen LogP contribution >= 0.6 is 0 Å². The first-order valence-electron chi connectivity index (χ1n) is 16.2. The number of benzene rings is 2. The molecule has 2 aromatic carbocycles. The van der Waals surface area contributed by atoms with Gasteiger partial charge in [-0.15, -0.1) is 0 Å². The van der Waals surface area contributed by atoms with Gasteiger partial charge in [-0.05, 0) is 37.1 Å². The van der Waals surface area contributed by atoms with Crippen molar-refractivity contribution in [2.24, 2.45) is 0 Å². The smallest absolute Gasteiger partial charge is 0.251 e. The number of morpholine rings is 1. The van der Waals surface area contributed by atoms with Crippen molar-refractivity contribution in [2.45, 2.75) is 44.6 Å². The number of anilines is 1. The quantitative estimate of drug-likeness (QED) is 0.396. The van der Waals surface area contributed by atoms with Crippen LogP contribution in [0.25, 0.3) is 0 Å². The van der Waals surface area contributed by atoms with Crippen molar-refractivity contribution in [1.29, 1.82) is 0 Å². The molecule has 47 heavy (non-hydrogen) atoms. The topological polar surface area (TPSA) is 144 Å². The van der Waals surface area contributed by atoms with Gasteiger partial charge in [-0.25, -0.2) is 0 Å². The summed E-state index contributed by atoms with van der Waals surface area (Å²) in [6, 6.07) is 15.8.